The summed E-state index contributed by atoms with van der Waals surface area (Å²) in [4.78, 5) is 27.9. The lowest BCUT2D eigenvalue weighted by Crippen LogP contribution is -2.21. The molecule has 5 N–H and O–H groups in total. The van der Waals surface area contributed by atoms with Crippen LogP contribution >= 0.6 is 0 Å². The monoisotopic (exact) mass is 461 g/mol. The minimum Gasteiger partial charge on any atom is -0.497 e. The lowest BCUT2D eigenvalue weighted by molar-refractivity contribution is 0.0986. The molecule has 34 heavy (non-hydrogen) atoms. The van der Waals surface area contributed by atoms with Crippen LogP contribution in [0.5, 0.6) is 5.75 Å². The van der Waals surface area contributed by atoms with Crippen LogP contribution in [0.3, 0.4) is 0 Å². The Morgan fingerprint density at radius 2 is 1.65 bits per heavy atom. The molecular formula is C26H27N3O5. The van der Waals surface area contributed by atoms with Gasteiger partial charge in [0.1, 0.15) is 5.75 Å². The van der Waals surface area contributed by atoms with Crippen LogP contribution in [0.2, 0.25) is 0 Å². The number of hydrogen-bond acceptors (Lipinski definition) is 5. The fourth-order valence-corrected chi connectivity index (χ4v) is 4.54. The van der Waals surface area contributed by atoms with Crippen molar-refractivity contribution in [3.05, 3.63) is 65.2 Å². The number of amides is 2. The second-order valence-electron chi connectivity index (χ2n) is 8.09. The molecule has 0 fully saturated rings. The molecule has 0 saturated heterocycles. The van der Waals surface area contributed by atoms with Crippen LogP contribution in [-0.4, -0.2) is 51.3 Å². The number of nitrogens with two attached hydrogens (primary N) is 2. The first-order valence-corrected chi connectivity index (χ1v) is 10.7. The third-order valence-electron chi connectivity index (χ3n) is 5.99. The minimum atomic E-state index is -0.580. The number of benzene rings is 3. The summed E-state index contributed by atoms with van der Waals surface area (Å²) in [5.74, 6) is -0.697. The van der Waals surface area contributed by atoms with Gasteiger partial charge < -0.3 is 30.7 Å². The Morgan fingerprint density at radius 1 is 0.912 bits per heavy atom. The molecule has 4 rings (SSSR count). The van der Waals surface area contributed by atoms with Gasteiger partial charge in [-0.15, -0.1) is 0 Å². The largest absolute Gasteiger partial charge is 0.497 e. The number of rotatable bonds is 9. The second kappa shape index (κ2) is 9.54. The summed E-state index contributed by atoms with van der Waals surface area (Å²) in [6, 6.07) is 14.8. The fraction of sp³-hybridized carbons (Fsp3) is 0.231. The topological polar surface area (TPSA) is 130 Å². The molecule has 0 aliphatic rings. The molecule has 0 unspecified atom stereocenters. The molecule has 1 heterocycles. The van der Waals surface area contributed by atoms with E-state index in [2.05, 4.69) is 4.98 Å². The van der Waals surface area contributed by atoms with E-state index in [1.54, 1.807) is 33.5 Å². The number of carbonyl (C=O) groups excluding carboxylic acids is 2. The summed E-state index contributed by atoms with van der Waals surface area (Å²) < 4.78 is 16.4. The molecule has 0 radical (unpaired) electrons. The highest BCUT2D eigenvalue weighted by atomic mass is 16.5. The summed E-state index contributed by atoms with van der Waals surface area (Å²) in [5.41, 5.74) is 15.8. The van der Waals surface area contributed by atoms with E-state index >= 15 is 0 Å². The van der Waals surface area contributed by atoms with E-state index in [0.29, 0.717) is 41.1 Å². The summed E-state index contributed by atoms with van der Waals surface area (Å²) in [7, 11) is 4.81. The molecule has 8 nitrogen and oxygen atoms in total. The summed E-state index contributed by atoms with van der Waals surface area (Å²) in [6.07, 6.45) is 0. The number of methoxy groups -OCH3 is 3. The van der Waals surface area contributed by atoms with Crippen molar-refractivity contribution in [1.29, 1.82) is 0 Å². The molecule has 0 spiro atoms. The van der Waals surface area contributed by atoms with Crippen LogP contribution in [0.1, 0.15) is 32.2 Å². The van der Waals surface area contributed by atoms with Crippen molar-refractivity contribution in [2.75, 3.05) is 34.5 Å². The molecule has 0 atom stereocenters. The highest BCUT2D eigenvalue weighted by molar-refractivity contribution is 6.18. The molecule has 3 aromatic carbocycles. The molecule has 0 bridgehead atoms. The van der Waals surface area contributed by atoms with Gasteiger partial charge in [0.25, 0.3) is 5.91 Å². The highest BCUT2D eigenvalue weighted by Gasteiger charge is 2.27. The van der Waals surface area contributed by atoms with Gasteiger partial charge in [0.2, 0.25) is 5.91 Å². The van der Waals surface area contributed by atoms with E-state index in [-0.39, 0.29) is 5.92 Å². The zero-order chi connectivity index (χ0) is 24.4. The molecule has 1 aromatic heterocycles. The second-order valence-corrected chi connectivity index (χ2v) is 8.09. The zero-order valence-electron chi connectivity index (χ0n) is 19.3. The van der Waals surface area contributed by atoms with E-state index in [1.165, 1.54) is 0 Å². The number of primary amides is 2. The molecule has 4 aromatic rings. The van der Waals surface area contributed by atoms with Crippen LogP contribution in [0, 0.1) is 0 Å². The Balaban J connectivity index is 2.15. The van der Waals surface area contributed by atoms with Crippen LogP contribution in [0.25, 0.3) is 32.9 Å². The Kier molecular flexibility index (Phi) is 6.54. The zero-order valence-corrected chi connectivity index (χ0v) is 19.3. The van der Waals surface area contributed by atoms with Crippen LogP contribution in [-0.2, 0) is 9.47 Å². The van der Waals surface area contributed by atoms with Crippen LogP contribution < -0.4 is 16.2 Å². The van der Waals surface area contributed by atoms with Crippen molar-refractivity contribution in [2.45, 2.75) is 5.92 Å². The van der Waals surface area contributed by atoms with Crippen molar-refractivity contribution in [3.8, 4) is 16.9 Å². The number of H-pyrrole nitrogens is 1. The third kappa shape index (κ3) is 4.09. The SMILES string of the molecule is COCC(COC)c1c(-c2cccc(OC)c2)cc2c([nH]c3cc(C(N)=O)ccc32)c1C(N)=O. The normalized spacial score (nSPS) is 11.4. The van der Waals surface area contributed by atoms with Gasteiger partial charge >= 0.3 is 0 Å². The Hall–Kier alpha value is -3.88. The van der Waals surface area contributed by atoms with Crippen molar-refractivity contribution in [2.24, 2.45) is 11.5 Å². The van der Waals surface area contributed by atoms with Gasteiger partial charge in [-0.3, -0.25) is 9.59 Å². The van der Waals surface area contributed by atoms with Crippen molar-refractivity contribution >= 4 is 33.6 Å². The molecule has 0 aliphatic heterocycles. The summed E-state index contributed by atoms with van der Waals surface area (Å²) in [6.45, 7) is 0.644. The molecule has 176 valence electrons. The van der Waals surface area contributed by atoms with E-state index in [1.807, 2.05) is 36.4 Å². The number of ether oxygens (including phenoxy) is 3. The predicted molar refractivity (Wildman–Crippen MR) is 131 cm³/mol. The Labute approximate surface area is 196 Å². The first kappa shape index (κ1) is 23.3. The lowest BCUT2D eigenvalue weighted by atomic mass is 9.85. The number of fused-ring (bicyclic) bond motifs is 3. The predicted octanol–water partition coefficient (Wildman–Crippen LogP) is 3.57. The van der Waals surface area contributed by atoms with E-state index in [4.69, 9.17) is 25.7 Å². The summed E-state index contributed by atoms with van der Waals surface area (Å²) >= 11 is 0. The maximum Gasteiger partial charge on any atom is 0.251 e. The minimum absolute atomic E-state index is 0.268. The Bertz CT molecular complexity index is 1390. The first-order chi connectivity index (χ1) is 16.4. The average Bonchev–Trinajstić information content (AvgIpc) is 3.20. The van der Waals surface area contributed by atoms with Crippen molar-refractivity contribution < 1.29 is 23.8 Å². The fourth-order valence-electron chi connectivity index (χ4n) is 4.54. The van der Waals surface area contributed by atoms with Gasteiger partial charge in [-0.05, 0) is 47.0 Å². The van der Waals surface area contributed by atoms with Gasteiger partial charge in [-0.1, -0.05) is 18.2 Å². The van der Waals surface area contributed by atoms with E-state index in [9.17, 15) is 9.59 Å². The number of carbonyl (C=O) groups is 2. The number of hydrogen-bond donors (Lipinski definition) is 3. The van der Waals surface area contributed by atoms with Gasteiger partial charge in [0.05, 0.1) is 31.4 Å². The maximum absolute atomic E-state index is 12.9. The van der Waals surface area contributed by atoms with Gasteiger partial charge in [0, 0.05) is 42.0 Å². The molecule has 0 aliphatic carbocycles. The Morgan fingerprint density at radius 3 is 2.26 bits per heavy atom. The van der Waals surface area contributed by atoms with Gasteiger partial charge in [-0.2, -0.15) is 0 Å². The quantitative estimate of drug-likeness (QED) is 0.351. The third-order valence-corrected chi connectivity index (χ3v) is 5.99. The molecule has 0 saturated carbocycles. The first-order valence-electron chi connectivity index (χ1n) is 10.7. The van der Waals surface area contributed by atoms with Crippen molar-refractivity contribution in [3.63, 3.8) is 0 Å². The average molecular weight is 462 g/mol. The molecule has 2 amide bonds. The van der Waals surface area contributed by atoms with Gasteiger partial charge in [-0.25, -0.2) is 0 Å². The standard InChI is InChI=1S/C26H27N3O5/c1-32-12-16(13-33-2)22-19(14-5-4-6-17(9-14)34-3)11-20-18-8-7-15(25(27)30)10-21(18)29-24(20)23(22)26(28)31/h4-11,16,29H,12-13H2,1-3H3,(H2,27,30)(H2,28,31). The van der Waals surface area contributed by atoms with Gasteiger partial charge in [0.15, 0.2) is 0 Å². The number of aromatic amines is 1. The molecular weight excluding hydrogens is 434 g/mol. The summed E-state index contributed by atoms with van der Waals surface area (Å²) in [5, 5.41) is 1.64. The van der Waals surface area contributed by atoms with E-state index < -0.39 is 11.8 Å². The van der Waals surface area contributed by atoms with Crippen molar-refractivity contribution in [1.82, 2.24) is 4.98 Å². The van der Waals surface area contributed by atoms with Crippen LogP contribution in [0.4, 0.5) is 0 Å². The maximum atomic E-state index is 12.9. The van der Waals surface area contributed by atoms with E-state index in [0.717, 1.165) is 27.5 Å². The lowest BCUT2D eigenvalue weighted by Gasteiger charge is -2.23. The smallest absolute Gasteiger partial charge is 0.251 e. The van der Waals surface area contributed by atoms with Crippen LogP contribution in [0.15, 0.2) is 48.5 Å². The molecule has 8 heteroatoms. The number of aromatic nitrogens is 1. The number of nitrogens with one attached hydrogen (secondary N) is 1. The highest BCUT2D eigenvalue weighted by Crippen LogP contribution is 2.40.